The number of fused-ring (bicyclic) bond motifs is 1. The van der Waals surface area contributed by atoms with Gasteiger partial charge in [-0.1, -0.05) is 42.5 Å². The molecule has 3 aromatic rings. The van der Waals surface area contributed by atoms with Gasteiger partial charge in [0.25, 0.3) is 5.91 Å². The Bertz CT molecular complexity index is 898. The first-order valence-electron chi connectivity index (χ1n) is 8.34. The predicted octanol–water partition coefficient (Wildman–Crippen LogP) is 2.71. The minimum absolute atomic E-state index is 0.238. The summed E-state index contributed by atoms with van der Waals surface area (Å²) in [6.45, 7) is 0.730. The number of carbonyl (C=O) groups excluding carboxylic acids is 1. The van der Waals surface area contributed by atoms with Crippen molar-refractivity contribution >= 4 is 5.91 Å². The Morgan fingerprint density at radius 3 is 2.46 bits per heavy atom. The zero-order valence-electron chi connectivity index (χ0n) is 14.0. The van der Waals surface area contributed by atoms with Crippen LogP contribution in [0.4, 0.5) is 0 Å². The summed E-state index contributed by atoms with van der Waals surface area (Å²) in [6, 6.07) is 17.1. The second-order valence-electron chi connectivity index (χ2n) is 5.87. The fourth-order valence-electron chi connectivity index (χ4n) is 2.65. The Morgan fingerprint density at radius 1 is 1.00 bits per heavy atom. The van der Waals surface area contributed by atoms with Crippen LogP contribution in [0.15, 0.2) is 67.0 Å². The Hall–Kier alpha value is -3.41. The topological polar surface area (TPSA) is 73.3 Å². The van der Waals surface area contributed by atoms with Gasteiger partial charge in [0.1, 0.15) is 12.7 Å². The Morgan fingerprint density at radius 2 is 1.69 bits per heavy atom. The van der Waals surface area contributed by atoms with Gasteiger partial charge in [-0.3, -0.25) is 4.79 Å². The Labute approximate surface area is 150 Å². The summed E-state index contributed by atoms with van der Waals surface area (Å²) in [6.07, 6.45) is 2.81. The van der Waals surface area contributed by atoms with Gasteiger partial charge in [0.05, 0.1) is 12.1 Å². The number of nitrogens with one attached hydrogen (secondary N) is 1. The molecule has 0 fully saturated rings. The summed E-state index contributed by atoms with van der Waals surface area (Å²) in [4.78, 5) is 20.8. The molecule has 0 bridgehead atoms. The lowest BCUT2D eigenvalue weighted by molar-refractivity contribution is 0.0789. The van der Waals surface area contributed by atoms with Crippen LogP contribution in [-0.2, 0) is 0 Å². The third kappa shape index (κ3) is 3.49. The molecule has 1 aliphatic rings. The summed E-state index contributed by atoms with van der Waals surface area (Å²) in [5, 5.41) is 2.83. The molecule has 6 heteroatoms. The number of para-hydroxylation sites is 2. The standard InChI is InChI=1S/C20H17N3O3/c24-20(15-10-21-19(22-11-15)14-6-2-1-3-7-14)23-12-16-13-25-17-8-4-5-9-18(17)26-16/h1-11,16H,12-13H2,(H,23,24)/t16-/m0/s1. The van der Waals surface area contributed by atoms with Crippen molar-refractivity contribution in [1.82, 2.24) is 15.3 Å². The molecule has 130 valence electrons. The molecule has 26 heavy (non-hydrogen) atoms. The first-order valence-corrected chi connectivity index (χ1v) is 8.34. The van der Waals surface area contributed by atoms with Gasteiger partial charge >= 0.3 is 0 Å². The maximum Gasteiger partial charge on any atom is 0.254 e. The quantitative estimate of drug-likeness (QED) is 0.785. The average molecular weight is 347 g/mol. The minimum atomic E-state index is -0.243. The van der Waals surface area contributed by atoms with E-state index in [2.05, 4.69) is 15.3 Å². The van der Waals surface area contributed by atoms with Crippen LogP contribution >= 0.6 is 0 Å². The Balaban J connectivity index is 1.35. The largest absolute Gasteiger partial charge is 0.486 e. The van der Waals surface area contributed by atoms with E-state index in [4.69, 9.17) is 9.47 Å². The zero-order valence-corrected chi connectivity index (χ0v) is 14.0. The van der Waals surface area contributed by atoms with Gasteiger partial charge in [-0.15, -0.1) is 0 Å². The molecule has 6 nitrogen and oxygen atoms in total. The molecule has 2 aromatic carbocycles. The van der Waals surface area contributed by atoms with E-state index in [1.807, 2.05) is 54.6 Å². The molecule has 4 rings (SSSR count). The number of hydrogen-bond donors (Lipinski definition) is 1. The molecule has 1 aliphatic heterocycles. The molecule has 0 aliphatic carbocycles. The van der Waals surface area contributed by atoms with Crippen LogP contribution in [0.5, 0.6) is 11.5 Å². The van der Waals surface area contributed by atoms with Crippen molar-refractivity contribution in [1.29, 1.82) is 0 Å². The average Bonchev–Trinajstić information content (AvgIpc) is 2.72. The lowest BCUT2D eigenvalue weighted by Crippen LogP contribution is -2.40. The number of hydrogen-bond acceptors (Lipinski definition) is 5. The van der Waals surface area contributed by atoms with Gasteiger partial charge in [-0.25, -0.2) is 9.97 Å². The highest BCUT2D eigenvalue weighted by Gasteiger charge is 2.21. The number of rotatable bonds is 4. The summed E-state index contributed by atoms with van der Waals surface area (Å²) in [5.41, 5.74) is 1.31. The van der Waals surface area contributed by atoms with Gasteiger partial charge in [-0.05, 0) is 12.1 Å². The number of nitrogens with zero attached hydrogens (tertiary/aromatic N) is 2. The van der Waals surface area contributed by atoms with E-state index < -0.39 is 0 Å². The van der Waals surface area contributed by atoms with E-state index in [-0.39, 0.29) is 12.0 Å². The van der Waals surface area contributed by atoms with Crippen molar-refractivity contribution in [2.24, 2.45) is 0 Å². The first kappa shape index (κ1) is 16.1. The van der Waals surface area contributed by atoms with E-state index in [0.29, 0.717) is 30.3 Å². The summed E-state index contributed by atoms with van der Waals surface area (Å²) in [7, 11) is 0. The third-order valence-corrected chi connectivity index (χ3v) is 4.00. The number of benzene rings is 2. The first-order chi connectivity index (χ1) is 12.8. The van der Waals surface area contributed by atoms with Crippen LogP contribution in [-0.4, -0.2) is 35.1 Å². The smallest absolute Gasteiger partial charge is 0.254 e. The number of amides is 1. The van der Waals surface area contributed by atoms with Crippen LogP contribution < -0.4 is 14.8 Å². The second-order valence-corrected chi connectivity index (χ2v) is 5.87. The fraction of sp³-hybridized carbons (Fsp3) is 0.150. The SMILES string of the molecule is O=C(NC[C@H]1COc2ccccc2O1)c1cnc(-c2ccccc2)nc1. The molecule has 1 aromatic heterocycles. The molecule has 2 heterocycles. The molecule has 0 radical (unpaired) electrons. The lowest BCUT2D eigenvalue weighted by atomic mass is 10.2. The van der Waals surface area contributed by atoms with Crippen molar-refractivity contribution in [3.8, 4) is 22.9 Å². The lowest BCUT2D eigenvalue weighted by Gasteiger charge is -2.26. The highest BCUT2D eigenvalue weighted by molar-refractivity contribution is 5.93. The molecule has 0 saturated carbocycles. The van der Waals surface area contributed by atoms with Crippen LogP contribution in [0, 0.1) is 0 Å². The van der Waals surface area contributed by atoms with E-state index in [9.17, 15) is 4.79 Å². The molecule has 0 spiro atoms. The number of ether oxygens (including phenoxy) is 2. The summed E-state index contributed by atoms with van der Waals surface area (Å²) >= 11 is 0. The number of aromatic nitrogens is 2. The van der Waals surface area contributed by atoms with E-state index in [0.717, 1.165) is 11.3 Å². The van der Waals surface area contributed by atoms with Crippen molar-refractivity contribution in [2.75, 3.05) is 13.2 Å². The van der Waals surface area contributed by atoms with Crippen molar-refractivity contribution < 1.29 is 14.3 Å². The second kappa shape index (κ2) is 7.23. The Kier molecular flexibility index (Phi) is 4.47. The maximum atomic E-state index is 12.3. The van der Waals surface area contributed by atoms with Gasteiger partial charge in [0.15, 0.2) is 17.3 Å². The van der Waals surface area contributed by atoms with Gasteiger partial charge in [0.2, 0.25) is 0 Å². The fourth-order valence-corrected chi connectivity index (χ4v) is 2.65. The molecular formula is C20H17N3O3. The van der Waals surface area contributed by atoms with Gasteiger partial charge in [-0.2, -0.15) is 0 Å². The van der Waals surface area contributed by atoms with Crippen LogP contribution in [0.3, 0.4) is 0 Å². The van der Waals surface area contributed by atoms with Crippen LogP contribution in [0.2, 0.25) is 0 Å². The van der Waals surface area contributed by atoms with Gasteiger partial charge < -0.3 is 14.8 Å². The van der Waals surface area contributed by atoms with Gasteiger partial charge in [0, 0.05) is 18.0 Å². The van der Waals surface area contributed by atoms with Crippen LogP contribution in [0.25, 0.3) is 11.4 Å². The summed E-state index contributed by atoms with van der Waals surface area (Å²) < 4.78 is 11.5. The third-order valence-electron chi connectivity index (χ3n) is 4.00. The maximum absolute atomic E-state index is 12.3. The van der Waals surface area contributed by atoms with Crippen molar-refractivity contribution in [3.63, 3.8) is 0 Å². The predicted molar refractivity (Wildman–Crippen MR) is 96.2 cm³/mol. The highest BCUT2D eigenvalue weighted by Crippen LogP contribution is 2.30. The molecule has 0 unspecified atom stereocenters. The molecule has 1 amide bonds. The van der Waals surface area contributed by atoms with Crippen molar-refractivity contribution in [2.45, 2.75) is 6.10 Å². The van der Waals surface area contributed by atoms with E-state index in [1.54, 1.807) is 0 Å². The van der Waals surface area contributed by atoms with Crippen LogP contribution in [0.1, 0.15) is 10.4 Å². The van der Waals surface area contributed by atoms with E-state index in [1.165, 1.54) is 12.4 Å². The highest BCUT2D eigenvalue weighted by atomic mass is 16.6. The summed E-state index contributed by atoms with van der Waals surface area (Å²) in [5.74, 6) is 1.75. The normalized spacial score (nSPS) is 15.3. The molecule has 1 N–H and O–H groups in total. The zero-order chi connectivity index (χ0) is 17.8. The minimum Gasteiger partial charge on any atom is -0.486 e. The molecule has 1 atom stereocenters. The monoisotopic (exact) mass is 347 g/mol. The van der Waals surface area contributed by atoms with Crippen molar-refractivity contribution in [3.05, 3.63) is 72.6 Å². The molecular weight excluding hydrogens is 330 g/mol. The van der Waals surface area contributed by atoms with E-state index >= 15 is 0 Å². The molecule has 0 saturated heterocycles. The number of carbonyl (C=O) groups is 1.